The molecule has 3 N–H and O–H groups in total. The molecule has 0 saturated heterocycles. The Balaban J connectivity index is 2.00. The lowest BCUT2D eigenvalue weighted by atomic mass is 10.2. The van der Waals surface area contributed by atoms with Crippen LogP contribution in [0.4, 0.5) is 11.6 Å². The SMILES string of the molecule is Cc1nc(N)cc(NC(C)Cc2ccc(C)s2)n1. The van der Waals surface area contributed by atoms with E-state index in [0.717, 1.165) is 12.2 Å². The van der Waals surface area contributed by atoms with E-state index in [1.54, 1.807) is 6.07 Å². The van der Waals surface area contributed by atoms with E-state index in [9.17, 15) is 0 Å². The van der Waals surface area contributed by atoms with Crippen LogP contribution in [0.3, 0.4) is 0 Å². The topological polar surface area (TPSA) is 63.8 Å². The average Bonchev–Trinajstić information content (AvgIpc) is 2.61. The summed E-state index contributed by atoms with van der Waals surface area (Å²) in [6, 6.07) is 6.41. The van der Waals surface area contributed by atoms with Crippen LogP contribution in [0.25, 0.3) is 0 Å². The first-order valence-electron chi connectivity index (χ1n) is 5.96. The summed E-state index contributed by atoms with van der Waals surface area (Å²) in [7, 11) is 0. The maximum atomic E-state index is 5.70. The average molecular weight is 262 g/mol. The number of nitrogens with one attached hydrogen (secondary N) is 1. The van der Waals surface area contributed by atoms with Crippen molar-refractivity contribution < 1.29 is 0 Å². The number of hydrogen-bond donors (Lipinski definition) is 2. The van der Waals surface area contributed by atoms with Crippen molar-refractivity contribution in [3.05, 3.63) is 33.8 Å². The lowest BCUT2D eigenvalue weighted by Crippen LogP contribution is -2.19. The zero-order valence-electron chi connectivity index (χ0n) is 10.9. The van der Waals surface area contributed by atoms with Crippen LogP contribution in [0.2, 0.25) is 0 Å². The third-order valence-corrected chi connectivity index (χ3v) is 3.58. The van der Waals surface area contributed by atoms with Crippen molar-refractivity contribution in [2.24, 2.45) is 0 Å². The van der Waals surface area contributed by atoms with Gasteiger partial charge in [-0.05, 0) is 32.9 Å². The molecule has 96 valence electrons. The van der Waals surface area contributed by atoms with Crippen LogP contribution < -0.4 is 11.1 Å². The summed E-state index contributed by atoms with van der Waals surface area (Å²) >= 11 is 1.84. The van der Waals surface area contributed by atoms with Gasteiger partial charge in [-0.2, -0.15) is 0 Å². The molecule has 0 aliphatic rings. The molecule has 0 fully saturated rings. The number of nitrogen functional groups attached to an aromatic ring is 1. The summed E-state index contributed by atoms with van der Waals surface area (Å²) in [6.45, 7) is 6.11. The number of anilines is 2. The minimum Gasteiger partial charge on any atom is -0.384 e. The molecule has 5 heteroatoms. The van der Waals surface area contributed by atoms with Crippen molar-refractivity contribution in [3.63, 3.8) is 0 Å². The first-order chi connectivity index (χ1) is 8.52. The second-order valence-corrected chi connectivity index (χ2v) is 5.86. The second-order valence-electron chi connectivity index (χ2n) is 4.49. The molecule has 0 aromatic carbocycles. The Hall–Kier alpha value is -1.62. The highest BCUT2D eigenvalue weighted by molar-refractivity contribution is 7.11. The molecule has 0 saturated carbocycles. The van der Waals surface area contributed by atoms with E-state index in [1.807, 2.05) is 18.3 Å². The number of aryl methyl sites for hydroxylation is 2. The second kappa shape index (κ2) is 5.35. The molecule has 1 atom stereocenters. The molecule has 2 heterocycles. The summed E-state index contributed by atoms with van der Waals surface area (Å²) in [5.74, 6) is 1.99. The number of aromatic nitrogens is 2. The van der Waals surface area contributed by atoms with Crippen molar-refractivity contribution >= 4 is 23.0 Å². The molecule has 0 radical (unpaired) electrons. The first-order valence-corrected chi connectivity index (χ1v) is 6.77. The summed E-state index contributed by atoms with van der Waals surface area (Å²) in [6.07, 6.45) is 0.988. The highest BCUT2D eigenvalue weighted by atomic mass is 32.1. The van der Waals surface area contributed by atoms with E-state index in [2.05, 4.69) is 41.3 Å². The maximum absolute atomic E-state index is 5.70. The lowest BCUT2D eigenvalue weighted by molar-refractivity contribution is 0.792. The van der Waals surface area contributed by atoms with Crippen molar-refractivity contribution in [1.29, 1.82) is 0 Å². The number of hydrogen-bond acceptors (Lipinski definition) is 5. The minimum absolute atomic E-state index is 0.316. The van der Waals surface area contributed by atoms with Gasteiger partial charge in [-0.3, -0.25) is 0 Å². The van der Waals surface area contributed by atoms with Gasteiger partial charge in [0, 0.05) is 28.3 Å². The highest BCUT2D eigenvalue weighted by Gasteiger charge is 2.07. The molecule has 2 rings (SSSR count). The number of nitrogens with two attached hydrogens (primary N) is 1. The zero-order valence-corrected chi connectivity index (χ0v) is 11.7. The number of nitrogens with zero attached hydrogens (tertiary/aromatic N) is 2. The largest absolute Gasteiger partial charge is 0.384 e. The van der Waals surface area contributed by atoms with Gasteiger partial charge in [-0.1, -0.05) is 0 Å². The maximum Gasteiger partial charge on any atom is 0.132 e. The van der Waals surface area contributed by atoms with Crippen LogP contribution in [0.5, 0.6) is 0 Å². The van der Waals surface area contributed by atoms with E-state index >= 15 is 0 Å². The Bertz CT molecular complexity index is 515. The van der Waals surface area contributed by atoms with Crippen LogP contribution in [-0.2, 0) is 6.42 Å². The third kappa shape index (κ3) is 3.43. The standard InChI is InChI=1S/C13H18N4S/c1-8(6-11-5-4-9(2)18-11)15-13-7-12(14)16-10(3)17-13/h4-5,7-8H,6H2,1-3H3,(H3,14,15,16,17). The highest BCUT2D eigenvalue weighted by Crippen LogP contribution is 2.18. The number of rotatable bonds is 4. The van der Waals surface area contributed by atoms with Crippen LogP contribution in [0.1, 0.15) is 22.5 Å². The number of thiophene rings is 1. The van der Waals surface area contributed by atoms with E-state index < -0.39 is 0 Å². The summed E-state index contributed by atoms with van der Waals surface area (Å²) in [5, 5.41) is 3.36. The van der Waals surface area contributed by atoms with Gasteiger partial charge in [0.25, 0.3) is 0 Å². The molecule has 0 aliphatic carbocycles. The van der Waals surface area contributed by atoms with Gasteiger partial charge >= 0.3 is 0 Å². The Kier molecular flexibility index (Phi) is 3.81. The molecule has 1 unspecified atom stereocenters. The van der Waals surface area contributed by atoms with Gasteiger partial charge in [-0.25, -0.2) is 9.97 Å². The Morgan fingerprint density at radius 3 is 2.72 bits per heavy atom. The minimum atomic E-state index is 0.316. The Morgan fingerprint density at radius 1 is 1.33 bits per heavy atom. The molecule has 0 aliphatic heterocycles. The third-order valence-electron chi connectivity index (χ3n) is 2.56. The predicted molar refractivity (Wildman–Crippen MR) is 77.0 cm³/mol. The molecule has 0 spiro atoms. The molecule has 0 bridgehead atoms. The molecule has 4 nitrogen and oxygen atoms in total. The van der Waals surface area contributed by atoms with Gasteiger partial charge in [0.15, 0.2) is 0 Å². The van der Waals surface area contributed by atoms with Crippen molar-refractivity contribution in [1.82, 2.24) is 9.97 Å². The van der Waals surface area contributed by atoms with Crippen LogP contribution in [0.15, 0.2) is 18.2 Å². The zero-order chi connectivity index (χ0) is 13.1. The Morgan fingerprint density at radius 2 is 2.11 bits per heavy atom. The molecule has 2 aromatic rings. The van der Waals surface area contributed by atoms with Crippen molar-refractivity contribution in [2.45, 2.75) is 33.2 Å². The fourth-order valence-corrected chi connectivity index (χ4v) is 2.88. The quantitative estimate of drug-likeness (QED) is 0.889. The van der Waals surface area contributed by atoms with E-state index in [1.165, 1.54) is 9.75 Å². The van der Waals surface area contributed by atoms with Crippen molar-refractivity contribution in [2.75, 3.05) is 11.1 Å². The van der Waals surface area contributed by atoms with Gasteiger partial charge in [0.2, 0.25) is 0 Å². The van der Waals surface area contributed by atoms with E-state index in [-0.39, 0.29) is 0 Å². The van der Waals surface area contributed by atoms with Gasteiger partial charge in [-0.15, -0.1) is 11.3 Å². The Labute approximate surface area is 111 Å². The van der Waals surface area contributed by atoms with Crippen molar-refractivity contribution in [3.8, 4) is 0 Å². The predicted octanol–water partition coefficient (Wildman–Crippen LogP) is 2.78. The summed E-state index contributed by atoms with van der Waals surface area (Å²) < 4.78 is 0. The fraction of sp³-hybridized carbons (Fsp3) is 0.385. The van der Waals surface area contributed by atoms with Gasteiger partial charge in [0.05, 0.1) is 0 Å². The van der Waals surface area contributed by atoms with E-state index in [4.69, 9.17) is 5.73 Å². The van der Waals surface area contributed by atoms with E-state index in [0.29, 0.717) is 17.7 Å². The van der Waals surface area contributed by atoms with Crippen LogP contribution in [-0.4, -0.2) is 16.0 Å². The molecule has 2 aromatic heterocycles. The molecular formula is C13H18N4S. The summed E-state index contributed by atoms with van der Waals surface area (Å²) in [5.41, 5.74) is 5.70. The lowest BCUT2D eigenvalue weighted by Gasteiger charge is -2.14. The first kappa shape index (κ1) is 12.8. The van der Waals surface area contributed by atoms with Crippen LogP contribution in [0, 0.1) is 13.8 Å². The van der Waals surface area contributed by atoms with Crippen LogP contribution >= 0.6 is 11.3 Å². The molecular weight excluding hydrogens is 244 g/mol. The smallest absolute Gasteiger partial charge is 0.132 e. The molecule has 0 amide bonds. The monoisotopic (exact) mass is 262 g/mol. The van der Waals surface area contributed by atoms with Gasteiger partial charge in [0.1, 0.15) is 17.5 Å². The fourth-order valence-electron chi connectivity index (χ4n) is 1.86. The molecule has 18 heavy (non-hydrogen) atoms. The normalized spacial score (nSPS) is 12.4. The summed E-state index contributed by atoms with van der Waals surface area (Å²) in [4.78, 5) is 11.1. The van der Waals surface area contributed by atoms with Gasteiger partial charge < -0.3 is 11.1 Å².